The predicted octanol–water partition coefficient (Wildman–Crippen LogP) is 23.3. The van der Waals surface area contributed by atoms with Crippen molar-refractivity contribution >= 4 is 0 Å². The maximum absolute atomic E-state index is 10.00. The minimum atomic E-state index is -1.01. The topological polar surface area (TPSA) is 278 Å². The first kappa shape index (κ1) is 204. The molecule has 0 aromatic heterocycles. The smallest absolute Gasteiger partial charge is 0.126 e. The van der Waals surface area contributed by atoms with Crippen LogP contribution in [0.5, 0.6) is 0 Å². The van der Waals surface area contributed by atoms with E-state index in [4.69, 9.17) is 75.7 Å². The summed E-state index contributed by atoms with van der Waals surface area (Å²) in [6.07, 6.45) is 9.39. The van der Waals surface area contributed by atoms with Crippen molar-refractivity contribution in [1.29, 1.82) is 0 Å². The standard InChI is InChI=1S/C18H34O4.C14H26O4.C14H26O2.C10H18O3.C8H14O2.C7H12O2.24CH4/c1-15(2)13-17(5,21-11-9-19)7-8-18(6,14-16(3)4)22-12-10-20;1-5-13(3,17-11-9-15)7-8-14(4,6-2)18-12-10-16;1-11(2)9-13(5,15)7-8-14(6,16)10-12(3)4;1-9(2,12)5-6-10(3,4)13-8-7-11;1-7(2,9)5-6-8(3,4)10;1-4-7(2,3)9-6-5-8;;;;;;;;;;;;;;;;;;;;;;;;/h15-16,19-20H,9-14H2,1-6H3;15-16H,5-6,9-12H2,1-4H3;11-12,15-16H,9-10H2,1-6H3;11-12H,7-8H2,1-4H3;9-10H,1-4H3;1,8H,5-6H2,2-3H3;24*1H4. The predicted molar refractivity (Wildman–Crippen MR) is 518 cm³/mol. The normalized spacial score (nSPS) is 12.2. The molecule has 708 valence electrons. The van der Waals surface area contributed by atoms with Gasteiger partial charge in [-0.2, -0.15) is 0 Å². The lowest BCUT2D eigenvalue weighted by molar-refractivity contribution is -0.0255. The van der Waals surface area contributed by atoms with Crippen LogP contribution >= 0.6 is 0 Å². The summed E-state index contributed by atoms with van der Waals surface area (Å²) >= 11 is 0. The number of hydrogen-bond donors (Lipinski definition) is 11. The van der Waals surface area contributed by atoms with Gasteiger partial charge in [0.25, 0.3) is 0 Å². The van der Waals surface area contributed by atoms with Crippen LogP contribution in [0.2, 0.25) is 0 Å². The molecule has 17 heteroatoms. The fraction of sp³-hybridized carbons (Fsp3) is 0.874. The highest BCUT2D eigenvalue weighted by atomic mass is 16.5. The van der Waals surface area contributed by atoms with E-state index in [0.717, 1.165) is 25.7 Å². The van der Waals surface area contributed by atoms with E-state index in [1.807, 2.05) is 69.2 Å². The van der Waals surface area contributed by atoms with Crippen molar-refractivity contribution in [1.82, 2.24) is 0 Å². The van der Waals surface area contributed by atoms with Gasteiger partial charge in [-0.15, -0.1) is 6.42 Å². The summed E-state index contributed by atoms with van der Waals surface area (Å²) < 4.78 is 32.9. The van der Waals surface area contributed by atoms with Gasteiger partial charge in [0.1, 0.15) is 61.6 Å². The van der Waals surface area contributed by atoms with Crippen LogP contribution in [0.3, 0.4) is 0 Å². The molecule has 0 radical (unpaired) electrons. The van der Waals surface area contributed by atoms with Crippen LogP contribution in [0.4, 0.5) is 0 Å². The highest BCUT2D eigenvalue weighted by molar-refractivity contribution is 5.23. The molecular weight excluding hydrogens is 1410 g/mol. The number of aliphatic hydroxyl groups is 11. The fourth-order valence-corrected chi connectivity index (χ4v) is 7.17. The Hall–Kier alpha value is -3.32. The second-order valence-electron chi connectivity index (χ2n) is 27.1. The first-order chi connectivity index (χ1) is 39.7. The third kappa shape index (κ3) is 145. The second kappa shape index (κ2) is 102. The van der Waals surface area contributed by atoms with Gasteiger partial charge < -0.3 is 84.6 Å². The van der Waals surface area contributed by atoms with Crippen LogP contribution in [0, 0.1) is 95.2 Å². The minimum Gasteiger partial charge on any atom is -0.394 e. The zero-order valence-corrected chi connectivity index (χ0v) is 60.0. The van der Waals surface area contributed by atoms with Crippen LogP contribution in [0.15, 0.2) is 0 Å². The molecule has 0 aliphatic carbocycles. The van der Waals surface area contributed by atoms with Gasteiger partial charge in [0.15, 0.2) is 0 Å². The van der Waals surface area contributed by atoms with E-state index in [9.17, 15) is 15.3 Å². The van der Waals surface area contributed by atoms with E-state index in [0.29, 0.717) is 43.1 Å². The Morgan fingerprint density at radius 3 is 0.580 bits per heavy atom. The maximum Gasteiger partial charge on any atom is 0.126 e. The molecule has 17 nitrogen and oxygen atoms in total. The molecule has 0 spiro atoms. The summed E-state index contributed by atoms with van der Waals surface area (Å²) in [5, 5.41) is 100.0. The molecule has 11 N–H and O–H groups in total. The molecule has 112 heavy (non-hydrogen) atoms. The monoisotopic (exact) mass is 1640 g/mol. The van der Waals surface area contributed by atoms with E-state index >= 15 is 0 Å². The first-order valence-corrected chi connectivity index (χ1v) is 31.0. The summed E-state index contributed by atoms with van der Waals surface area (Å²) in [5.74, 6) is 32.8. The average Bonchev–Trinajstić information content (AvgIpc) is 3.38. The van der Waals surface area contributed by atoms with Gasteiger partial charge in [0.05, 0.1) is 79.3 Å². The molecule has 0 aromatic rings. The van der Waals surface area contributed by atoms with Crippen molar-refractivity contribution in [3.63, 3.8) is 0 Å². The third-order valence-corrected chi connectivity index (χ3v) is 11.2. The van der Waals surface area contributed by atoms with Gasteiger partial charge in [-0.05, 0) is 173 Å². The summed E-state index contributed by atoms with van der Waals surface area (Å²) in [7, 11) is 0. The summed E-state index contributed by atoms with van der Waals surface area (Å²) in [4.78, 5) is 0. The largest absolute Gasteiger partial charge is 0.394 e. The number of ether oxygens (including phenoxy) is 6. The van der Waals surface area contributed by atoms with Gasteiger partial charge in [0, 0.05) is 0 Å². The maximum atomic E-state index is 10.00. The number of rotatable bonds is 28. The molecule has 0 bridgehead atoms. The van der Waals surface area contributed by atoms with Gasteiger partial charge in [-0.3, -0.25) is 0 Å². The Morgan fingerprint density at radius 2 is 0.411 bits per heavy atom. The molecule has 0 aromatic carbocycles. The van der Waals surface area contributed by atoms with Crippen LogP contribution in [0.1, 0.15) is 397 Å². The molecule has 0 aliphatic heterocycles. The summed E-state index contributed by atoms with van der Waals surface area (Å²) in [6, 6.07) is 0. The van der Waals surface area contributed by atoms with E-state index in [2.05, 4.69) is 92.8 Å². The number of terminal acetylenes is 1. The molecule has 0 rings (SSSR count). The van der Waals surface area contributed by atoms with E-state index in [1.165, 1.54) is 0 Å². The molecule has 6 atom stereocenters. The first-order valence-electron chi connectivity index (χ1n) is 31.0. The lowest BCUT2D eigenvalue weighted by Crippen LogP contribution is -2.34. The van der Waals surface area contributed by atoms with Crippen molar-refractivity contribution in [3.8, 4) is 71.5 Å². The van der Waals surface area contributed by atoms with Crippen LogP contribution in [0.25, 0.3) is 0 Å². The lowest BCUT2D eigenvalue weighted by Gasteiger charge is -2.29. The van der Waals surface area contributed by atoms with Crippen LogP contribution in [-0.4, -0.2) is 197 Å². The quantitative estimate of drug-likeness (QED) is 0.0325. The SMILES string of the molecule is C.C.C.C.C.C.C.C.C.C.C.C.C.C.C.C.C.C.C.C.C.C.C.C.C#CC(C)(C)OCCO.CC(C)(O)C#CC(C)(C)O.CC(C)(O)C#CC(C)(C)OCCO.CC(C)CC(C)(C#CC(C)(CC(C)C)OCCO)OCCO.CC(C)CC(C)(O)C#CC(C)(O)CC(C)C.CCC(C)(C#CC(C)(CC)OCCO)OCCO. The van der Waals surface area contributed by atoms with Crippen molar-refractivity contribution in [3.05, 3.63) is 0 Å². The molecular formula is C95H226O17. The van der Waals surface area contributed by atoms with E-state index in [1.54, 1.807) is 83.1 Å². The zero-order valence-electron chi connectivity index (χ0n) is 60.0. The Morgan fingerprint density at radius 1 is 0.241 bits per heavy atom. The van der Waals surface area contributed by atoms with Gasteiger partial charge >= 0.3 is 0 Å². The number of aliphatic hydroxyl groups excluding tert-OH is 6. The molecule has 0 aliphatic rings. The van der Waals surface area contributed by atoms with Crippen molar-refractivity contribution in [2.24, 2.45) is 23.7 Å². The fourth-order valence-electron chi connectivity index (χ4n) is 7.17. The van der Waals surface area contributed by atoms with Crippen molar-refractivity contribution < 1.29 is 84.6 Å². The van der Waals surface area contributed by atoms with Crippen LogP contribution in [-0.2, 0) is 28.4 Å². The van der Waals surface area contributed by atoms with Gasteiger partial charge in [-0.25, -0.2) is 0 Å². The van der Waals surface area contributed by atoms with Gasteiger partial charge in [-0.1, -0.05) is 313 Å². The zero-order chi connectivity index (χ0) is 70.6. The number of hydrogen-bond acceptors (Lipinski definition) is 17. The summed E-state index contributed by atoms with van der Waals surface area (Å²) in [5.41, 5.74) is -8.53. The molecule has 0 saturated heterocycles. The van der Waals surface area contributed by atoms with Gasteiger partial charge in [0.2, 0.25) is 0 Å². The second-order valence-corrected chi connectivity index (χ2v) is 27.1. The van der Waals surface area contributed by atoms with Crippen LogP contribution < -0.4 is 0 Å². The average molecular weight is 1640 g/mol. The van der Waals surface area contributed by atoms with E-state index < -0.39 is 61.6 Å². The Labute approximate surface area is 714 Å². The highest BCUT2D eigenvalue weighted by Crippen LogP contribution is 2.25. The van der Waals surface area contributed by atoms with Crippen molar-refractivity contribution in [2.45, 2.75) is 458 Å². The van der Waals surface area contributed by atoms with E-state index in [-0.39, 0.29) is 251 Å². The molecule has 0 amide bonds. The molecule has 0 saturated carbocycles. The lowest BCUT2D eigenvalue weighted by atomic mass is 9.90. The minimum absolute atomic E-state index is 0. The molecule has 0 fully saturated rings. The Balaban J connectivity index is -0.0000000251. The Kier molecular flexibility index (Phi) is 185. The van der Waals surface area contributed by atoms with Crippen molar-refractivity contribution in [2.75, 3.05) is 79.3 Å². The molecule has 6 unspecified atom stereocenters. The Bertz CT molecular complexity index is 2050. The highest BCUT2D eigenvalue weighted by Gasteiger charge is 2.29. The molecule has 0 heterocycles. The third-order valence-electron chi connectivity index (χ3n) is 11.2. The summed E-state index contributed by atoms with van der Waals surface area (Å²) in [6.45, 7) is 50.0.